The van der Waals surface area contributed by atoms with E-state index in [-0.39, 0.29) is 12.0 Å². The zero-order chi connectivity index (χ0) is 24.1. The molecule has 5 atom stereocenters. The molecule has 3 aromatic rings. The van der Waals surface area contributed by atoms with E-state index < -0.39 is 6.23 Å². The summed E-state index contributed by atoms with van der Waals surface area (Å²) in [5.74, 6) is 0.834. The van der Waals surface area contributed by atoms with E-state index in [1.165, 1.54) is 0 Å². The topological polar surface area (TPSA) is 71.6 Å². The van der Waals surface area contributed by atoms with Gasteiger partial charge in [-0.15, -0.1) is 0 Å². The lowest BCUT2D eigenvalue weighted by Gasteiger charge is -2.34. The van der Waals surface area contributed by atoms with Crippen molar-refractivity contribution in [3.8, 4) is 11.1 Å². The predicted octanol–water partition coefficient (Wildman–Crippen LogP) is 5.20. The molecule has 2 aromatic carbocycles. The lowest BCUT2D eigenvalue weighted by molar-refractivity contribution is 0.139. The molecule has 180 valence electrons. The van der Waals surface area contributed by atoms with Crippen LogP contribution in [0.25, 0.3) is 11.1 Å². The minimum Gasteiger partial charge on any atom is -0.380 e. The molecule has 0 amide bonds. The van der Waals surface area contributed by atoms with Gasteiger partial charge in [0.2, 0.25) is 0 Å². The SMILES string of the molecule is CC[C@H](C)[C@H](N)CN(c1ccc(-c2ccc(COC)cc2)cc1)C(O)[C@@H]1C[C@H]1c1ccccn1. The molecule has 1 unspecified atom stereocenters. The van der Waals surface area contributed by atoms with Gasteiger partial charge in [-0.2, -0.15) is 0 Å². The Hall–Kier alpha value is -2.73. The third-order valence-electron chi connectivity index (χ3n) is 7.19. The lowest BCUT2D eigenvalue weighted by Crippen LogP contribution is -2.47. The summed E-state index contributed by atoms with van der Waals surface area (Å²) in [4.78, 5) is 6.60. The highest BCUT2D eigenvalue weighted by Gasteiger charge is 2.46. The van der Waals surface area contributed by atoms with E-state index in [2.05, 4.69) is 78.3 Å². The van der Waals surface area contributed by atoms with Crippen LogP contribution in [0.5, 0.6) is 0 Å². The van der Waals surface area contributed by atoms with Crippen molar-refractivity contribution in [3.63, 3.8) is 0 Å². The number of aromatic nitrogens is 1. The zero-order valence-corrected chi connectivity index (χ0v) is 20.5. The number of methoxy groups -OCH3 is 1. The molecule has 0 aliphatic heterocycles. The van der Waals surface area contributed by atoms with Gasteiger partial charge in [-0.05, 0) is 53.3 Å². The van der Waals surface area contributed by atoms with Gasteiger partial charge in [0.25, 0.3) is 0 Å². The number of nitrogens with two attached hydrogens (primary N) is 1. The van der Waals surface area contributed by atoms with Gasteiger partial charge >= 0.3 is 0 Å². The van der Waals surface area contributed by atoms with E-state index in [1.807, 2.05) is 18.3 Å². The first-order valence-electron chi connectivity index (χ1n) is 12.3. The largest absolute Gasteiger partial charge is 0.380 e. The fourth-order valence-electron chi connectivity index (χ4n) is 4.59. The fourth-order valence-corrected chi connectivity index (χ4v) is 4.59. The van der Waals surface area contributed by atoms with Gasteiger partial charge in [0, 0.05) is 49.1 Å². The molecule has 1 fully saturated rings. The van der Waals surface area contributed by atoms with Crippen LogP contribution in [0.2, 0.25) is 0 Å². The number of ether oxygens (including phenoxy) is 1. The van der Waals surface area contributed by atoms with Gasteiger partial charge in [0.1, 0.15) is 6.23 Å². The molecule has 1 aliphatic carbocycles. The Morgan fingerprint density at radius 1 is 1.06 bits per heavy atom. The van der Waals surface area contributed by atoms with Crippen molar-refractivity contribution in [2.24, 2.45) is 17.6 Å². The number of hydrogen-bond donors (Lipinski definition) is 2. The maximum absolute atomic E-state index is 11.4. The van der Waals surface area contributed by atoms with Gasteiger partial charge in [-0.25, -0.2) is 0 Å². The highest BCUT2D eigenvalue weighted by molar-refractivity contribution is 5.66. The van der Waals surface area contributed by atoms with Gasteiger partial charge in [-0.3, -0.25) is 4.98 Å². The standard InChI is InChI=1S/C29H37N3O2/c1-4-20(2)27(30)18-32(29(33)26-17-25(26)28-7-5-6-16-31-28)24-14-12-23(13-15-24)22-10-8-21(9-11-22)19-34-3/h5-16,20,25-27,29,33H,4,17-19,30H2,1-3H3/t20-,25+,26+,27+,29?/m0/s1. The van der Waals surface area contributed by atoms with Crippen LogP contribution in [0.15, 0.2) is 72.9 Å². The summed E-state index contributed by atoms with van der Waals surface area (Å²) >= 11 is 0. The van der Waals surface area contributed by atoms with E-state index in [1.54, 1.807) is 7.11 Å². The Balaban J connectivity index is 1.53. The Morgan fingerprint density at radius 3 is 2.32 bits per heavy atom. The van der Waals surface area contributed by atoms with Crippen LogP contribution in [0, 0.1) is 11.8 Å². The summed E-state index contributed by atoms with van der Waals surface area (Å²) in [5, 5.41) is 11.4. The summed E-state index contributed by atoms with van der Waals surface area (Å²) in [6.45, 7) is 5.57. The minimum atomic E-state index is -0.596. The molecule has 3 N–H and O–H groups in total. The molecule has 1 aliphatic rings. The Labute approximate surface area is 203 Å². The minimum absolute atomic E-state index is 0.0142. The average molecular weight is 460 g/mol. The predicted molar refractivity (Wildman–Crippen MR) is 138 cm³/mol. The molecule has 0 saturated heterocycles. The van der Waals surface area contributed by atoms with Gasteiger partial charge in [-0.1, -0.05) is 62.7 Å². The third-order valence-corrected chi connectivity index (χ3v) is 7.19. The lowest BCUT2D eigenvalue weighted by atomic mass is 9.98. The molecular weight excluding hydrogens is 422 g/mol. The van der Waals surface area contributed by atoms with Crippen molar-refractivity contribution in [2.75, 3.05) is 18.6 Å². The third kappa shape index (κ3) is 5.66. The molecule has 5 heteroatoms. The van der Waals surface area contributed by atoms with Crippen molar-refractivity contribution in [2.45, 2.75) is 51.5 Å². The van der Waals surface area contributed by atoms with E-state index >= 15 is 0 Å². The molecular formula is C29H37N3O2. The van der Waals surface area contributed by atoms with Crippen LogP contribution < -0.4 is 10.6 Å². The van der Waals surface area contributed by atoms with E-state index in [4.69, 9.17) is 10.5 Å². The molecule has 4 rings (SSSR count). The second-order valence-electron chi connectivity index (χ2n) is 9.55. The number of hydrogen-bond acceptors (Lipinski definition) is 5. The average Bonchev–Trinajstić information content (AvgIpc) is 3.69. The van der Waals surface area contributed by atoms with Crippen LogP contribution in [0.3, 0.4) is 0 Å². The number of pyridine rings is 1. The Kier molecular flexibility index (Phi) is 7.99. The number of rotatable bonds is 11. The first-order chi connectivity index (χ1) is 16.5. The molecule has 1 saturated carbocycles. The molecule has 0 bridgehead atoms. The first-order valence-corrected chi connectivity index (χ1v) is 12.3. The molecule has 1 heterocycles. The normalized spacial score (nSPS) is 19.9. The molecule has 5 nitrogen and oxygen atoms in total. The van der Waals surface area contributed by atoms with Crippen LogP contribution in [-0.2, 0) is 11.3 Å². The number of anilines is 1. The smallest absolute Gasteiger partial charge is 0.130 e. The van der Waals surface area contributed by atoms with Crippen LogP contribution in [0.1, 0.15) is 43.9 Å². The highest BCUT2D eigenvalue weighted by Crippen LogP contribution is 2.50. The summed E-state index contributed by atoms with van der Waals surface area (Å²) < 4.78 is 5.21. The number of aliphatic hydroxyl groups is 1. The van der Waals surface area contributed by atoms with Gasteiger partial charge < -0.3 is 20.5 Å². The van der Waals surface area contributed by atoms with Crippen molar-refractivity contribution in [1.82, 2.24) is 4.98 Å². The fraction of sp³-hybridized carbons (Fsp3) is 0.414. The van der Waals surface area contributed by atoms with Gasteiger partial charge in [0.15, 0.2) is 0 Å². The number of benzene rings is 2. The Morgan fingerprint density at radius 2 is 1.74 bits per heavy atom. The zero-order valence-electron chi connectivity index (χ0n) is 20.5. The van der Waals surface area contributed by atoms with E-state index in [9.17, 15) is 5.11 Å². The van der Waals surface area contributed by atoms with E-state index in [0.717, 1.165) is 40.9 Å². The first kappa shape index (κ1) is 24.4. The molecule has 0 spiro atoms. The van der Waals surface area contributed by atoms with Crippen molar-refractivity contribution in [1.29, 1.82) is 0 Å². The van der Waals surface area contributed by atoms with Crippen LogP contribution in [0.4, 0.5) is 5.69 Å². The molecule has 34 heavy (non-hydrogen) atoms. The summed E-state index contributed by atoms with van der Waals surface area (Å²) in [5.41, 5.74) is 12.1. The van der Waals surface area contributed by atoms with Crippen LogP contribution in [-0.4, -0.2) is 36.0 Å². The maximum Gasteiger partial charge on any atom is 0.130 e. The second kappa shape index (κ2) is 11.1. The van der Waals surface area contributed by atoms with Crippen molar-refractivity contribution < 1.29 is 9.84 Å². The second-order valence-corrected chi connectivity index (χ2v) is 9.55. The van der Waals surface area contributed by atoms with Crippen molar-refractivity contribution >= 4 is 5.69 Å². The quantitative estimate of drug-likeness (QED) is 0.386. The number of nitrogens with zero attached hydrogens (tertiary/aromatic N) is 2. The summed E-state index contributed by atoms with van der Waals surface area (Å²) in [6.07, 6.45) is 3.19. The molecule has 0 radical (unpaired) electrons. The molecule has 1 aromatic heterocycles. The van der Waals surface area contributed by atoms with Crippen LogP contribution >= 0.6 is 0 Å². The van der Waals surface area contributed by atoms with Gasteiger partial charge in [0.05, 0.1) is 6.61 Å². The Bertz CT molecular complexity index is 1020. The maximum atomic E-state index is 11.4. The summed E-state index contributed by atoms with van der Waals surface area (Å²) in [7, 11) is 1.71. The highest BCUT2D eigenvalue weighted by atomic mass is 16.5. The van der Waals surface area contributed by atoms with E-state index in [0.29, 0.717) is 25.0 Å². The number of aliphatic hydroxyl groups excluding tert-OH is 1. The summed E-state index contributed by atoms with van der Waals surface area (Å²) in [6, 6.07) is 22.9. The van der Waals surface area contributed by atoms with Crippen molar-refractivity contribution in [3.05, 3.63) is 84.2 Å². The monoisotopic (exact) mass is 459 g/mol.